The van der Waals surface area contributed by atoms with Gasteiger partial charge in [-0.25, -0.2) is 4.98 Å². The van der Waals surface area contributed by atoms with E-state index in [4.69, 9.17) is 4.42 Å². The van der Waals surface area contributed by atoms with Crippen molar-refractivity contribution in [1.29, 1.82) is 0 Å². The maximum absolute atomic E-state index is 11.4. The van der Waals surface area contributed by atoms with Crippen molar-refractivity contribution in [2.75, 3.05) is 20.1 Å². The molecule has 2 heterocycles. The Kier molecular flexibility index (Phi) is 5.85. The Morgan fingerprint density at radius 1 is 1.42 bits per heavy atom. The number of nitrogens with zero attached hydrogens (tertiary/aromatic N) is 3. The third kappa shape index (κ3) is 4.97. The van der Waals surface area contributed by atoms with Crippen LogP contribution in [0.3, 0.4) is 0 Å². The quantitative estimate of drug-likeness (QED) is 0.648. The lowest BCUT2D eigenvalue weighted by atomic mass is 9.94. The van der Waals surface area contributed by atoms with Gasteiger partial charge < -0.3 is 20.0 Å². The fraction of sp³-hybridized carbons (Fsp3) is 0.706. The molecular weight excluding hydrogens is 306 g/mol. The molecular formula is C17H29N5O2. The first-order valence-electron chi connectivity index (χ1n) is 8.47. The van der Waals surface area contributed by atoms with E-state index in [2.05, 4.69) is 41.4 Å². The molecule has 1 amide bonds. The Labute approximate surface area is 143 Å². The van der Waals surface area contributed by atoms with Crippen LogP contribution in [-0.2, 0) is 16.8 Å². The van der Waals surface area contributed by atoms with Crippen LogP contribution < -0.4 is 10.6 Å². The number of oxazole rings is 1. The number of guanidine groups is 1. The van der Waals surface area contributed by atoms with Crippen LogP contribution >= 0.6 is 0 Å². The highest BCUT2D eigenvalue weighted by Crippen LogP contribution is 2.22. The van der Waals surface area contributed by atoms with Crippen LogP contribution in [0.2, 0.25) is 0 Å². The summed E-state index contributed by atoms with van der Waals surface area (Å²) in [7, 11) is 1.75. The van der Waals surface area contributed by atoms with E-state index in [0.717, 1.165) is 37.7 Å². The molecule has 0 bridgehead atoms. The summed E-state index contributed by atoms with van der Waals surface area (Å²) in [5.41, 5.74) is -0.0458. The van der Waals surface area contributed by atoms with Gasteiger partial charge in [-0.15, -0.1) is 0 Å². The monoisotopic (exact) mass is 335 g/mol. The summed E-state index contributed by atoms with van der Waals surface area (Å²) >= 11 is 0. The van der Waals surface area contributed by atoms with Crippen molar-refractivity contribution in [3.8, 4) is 0 Å². The molecule has 0 atom stereocenters. The van der Waals surface area contributed by atoms with Gasteiger partial charge in [0, 0.05) is 38.5 Å². The van der Waals surface area contributed by atoms with E-state index in [0.29, 0.717) is 18.5 Å². The van der Waals surface area contributed by atoms with Crippen LogP contribution in [-0.4, -0.2) is 47.9 Å². The molecule has 1 aromatic heterocycles. The Morgan fingerprint density at radius 2 is 2.08 bits per heavy atom. The first-order chi connectivity index (χ1) is 11.3. The Balaban J connectivity index is 1.81. The van der Waals surface area contributed by atoms with Gasteiger partial charge in [0.25, 0.3) is 0 Å². The van der Waals surface area contributed by atoms with Crippen molar-refractivity contribution >= 4 is 11.9 Å². The topological polar surface area (TPSA) is 82.8 Å². The van der Waals surface area contributed by atoms with Gasteiger partial charge in [-0.3, -0.25) is 9.79 Å². The molecule has 1 aliphatic heterocycles. The van der Waals surface area contributed by atoms with E-state index < -0.39 is 0 Å². The zero-order chi connectivity index (χ0) is 17.7. The second-order valence-electron chi connectivity index (χ2n) is 7.22. The number of aromatic nitrogens is 1. The van der Waals surface area contributed by atoms with Crippen LogP contribution in [0.25, 0.3) is 0 Å². The highest BCUT2D eigenvalue weighted by molar-refractivity contribution is 5.80. The normalized spacial score (nSPS) is 17.0. The lowest BCUT2D eigenvalue weighted by molar-refractivity contribution is -0.129. The number of carbonyl (C=O) groups excluding carboxylic acids is 1. The summed E-state index contributed by atoms with van der Waals surface area (Å²) in [6.07, 6.45) is 3.63. The molecule has 24 heavy (non-hydrogen) atoms. The van der Waals surface area contributed by atoms with Gasteiger partial charge in [0.1, 0.15) is 5.76 Å². The van der Waals surface area contributed by atoms with Crippen molar-refractivity contribution in [3.63, 3.8) is 0 Å². The predicted octanol–water partition coefficient (Wildman–Crippen LogP) is 1.65. The van der Waals surface area contributed by atoms with Crippen LogP contribution in [0.5, 0.6) is 0 Å². The average Bonchev–Trinajstić information content (AvgIpc) is 3.01. The third-order valence-electron chi connectivity index (χ3n) is 4.20. The maximum Gasteiger partial charge on any atom is 0.219 e. The van der Waals surface area contributed by atoms with Crippen LogP contribution in [0.4, 0.5) is 0 Å². The molecule has 1 aromatic rings. The zero-order valence-corrected chi connectivity index (χ0v) is 15.3. The smallest absolute Gasteiger partial charge is 0.219 e. The van der Waals surface area contributed by atoms with Gasteiger partial charge in [-0.1, -0.05) is 20.8 Å². The molecule has 1 saturated heterocycles. The van der Waals surface area contributed by atoms with Crippen molar-refractivity contribution < 1.29 is 9.21 Å². The fourth-order valence-corrected chi connectivity index (χ4v) is 2.62. The first-order valence-corrected chi connectivity index (χ1v) is 8.47. The molecule has 7 nitrogen and oxygen atoms in total. The summed E-state index contributed by atoms with van der Waals surface area (Å²) in [6.45, 7) is 9.98. The van der Waals surface area contributed by atoms with E-state index in [1.165, 1.54) is 0 Å². The highest BCUT2D eigenvalue weighted by Gasteiger charge is 2.22. The van der Waals surface area contributed by atoms with Crippen LogP contribution in [0, 0.1) is 0 Å². The molecule has 2 N–H and O–H groups in total. The van der Waals surface area contributed by atoms with E-state index in [9.17, 15) is 4.79 Å². The number of rotatable bonds is 3. The summed E-state index contributed by atoms with van der Waals surface area (Å²) < 4.78 is 5.77. The molecule has 1 fully saturated rings. The highest BCUT2D eigenvalue weighted by atomic mass is 16.4. The zero-order valence-electron chi connectivity index (χ0n) is 15.3. The molecule has 2 rings (SSSR count). The third-order valence-corrected chi connectivity index (χ3v) is 4.20. The fourth-order valence-electron chi connectivity index (χ4n) is 2.62. The maximum atomic E-state index is 11.4. The Bertz CT molecular complexity index is 580. The van der Waals surface area contributed by atoms with Gasteiger partial charge in [0.05, 0.1) is 12.7 Å². The lowest BCUT2D eigenvalue weighted by Gasteiger charge is -2.32. The van der Waals surface area contributed by atoms with Crippen molar-refractivity contribution in [3.05, 3.63) is 17.8 Å². The van der Waals surface area contributed by atoms with Crippen molar-refractivity contribution in [1.82, 2.24) is 20.5 Å². The van der Waals surface area contributed by atoms with Gasteiger partial charge in [-0.2, -0.15) is 0 Å². The van der Waals surface area contributed by atoms with E-state index >= 15 is 0 Å². The molecule has 0 aromatic carbocycles. The first kappa shape index (κ1) is 18.3. The van der Waals surface area contributed by atoms with Crippen molar-refractivity contribution in [2.24, 2.45) is 4.99 Å². The average molecular weight is 335 g/mol. The summed E-state index contributed by atoms with van der Waals surface area (Å²) in [6, 6.07) is 0.321. The standard InChI is InChI=1S/C17H29N5O2/c1-12(23)22-8-6-13(7-9-22)21-16(18-5)20-11-15-19-10-14(24-15)17(2,3)4/h10,13H,6-9,11H2,1-5H3,(H2,18,20,21). The number of piperidine rings is 1. The molecule has 0 unspecified atom stereocenters. The molecule has 7 heteroatoms. The van der Waals surface area contributed by atoms with Crippen LogP contribution in [0.1, 0.15) is 52.2 Å². The number of aliphatic imine (C=N–C) groups is 1. The molecule has 0 spiro atoms. The second-order valence-corrected chi connectivity index (χ2v) is 7.22. The number of hydrogen-bond acceptors (Lipinski definition) is 4. The Morgan fingerprint density at radius 3 is 2.58 bits per heavy atom. The minimum Gasteiger partial charge on any atom is -0.443 e. The molecule has 0 radical (unpaired) electrons. The largest absolute Gasteiger partial charge is 0.443 e. The van der Waals surface area contributed by atoms with Gasteiger partial charge in [0.2, 0.25) is 11.8 Å². The number of hydrogen-bond donors (Lipinski definition) is 2. The molecule has 1 aliphatic rings. The minimum atomic E-state index is -0.0458. The summed E-state index contributed by atoms with van der Waals surface area (Å²) in [5.74, 6) is 2.40. The number of amides is 1. The van der Waals surface area contributed by atoms with Crippen LogP contribution in [0.15, 0.2) is 15.6 Å². The predicted molar refractivity (Wildman–Crippen MR) is 93.8 cm³/mol. The van der Waals surface area contributed by atoms with E-state index in [1.807, 2.05) is 4.90 Å². The summed E-state index contributed by atoms with van der Waals surface area (Å²) in [5, 5.41) is 6.64. The number of carbonyl (C=O) groups is 1. The number of likely N-dealkylation sites (tertiary alicyclic amines) is 1. The van der Waals surface area contributed by atoms with Crippen molar-refractivity contribution in [2.45, 2.75) is 58.5 Å². The second kappa shape index (κ2) is 7.68. The van der Waals surface area contributed by atoms with E-state index in [1.54, 1.807) is 20.2 Å². The lowest BCUT2D eigenvalue weighted by Crippen LogP contribution is -2.49. The SMILES string of the molecule is CN=C(NCc1ncc(C(C)(C)C)o1)NC1CCN(C(C)=O)CC1. The molecule has 0 saturated carbocycles. The van der Waals surface area contributed by atoms with Gasteiger partial charge in [0.15, 0.2) is 5.96 Å². The minimum absolute atomic E-state index is 0.0458. The van der Waals surface area contributed by atoms with Gasteiger partial charge in [-0.05, 0) is 12.8 Å². The Hall–Kier alpha value is -2.05. The summed E-state index contributed by atoms with van der Waals surface area (Å²) in [4.78, 5) is 21.8. The molecule has 134 valence electrons. The number of nitrogens with one attached hydrogen (secondary N) is 2. The molecule has 0 aliphatic carbocycles. The van der Waals surface area contributed by atoms with Gasteiger partial charge >= 0.3 is 0 Å². The van der Waals surface area contributed by atoms with E-state index in [-0.39, 0.29) is 11.3 Å².